The van der Waals surface area contributed by atoms with Crippen molar-refractivity contribution in [1.29, 1.82) is 0 Å². The van der Waals surface area contributed by atoms with E-state index in [1.54, 1.807) is 23.3 Å². The lowest BCUT2D eigenvalue weighted by Gasteiger charge is -2.41. The summed E-state index contributed by atoms with van der Waals surface area (Å²) in [6.45, 7) is 1.30. The highest BCUT2D eigenvalue weighted by Crippen LogP contribution is 2.49. The third-order valence-electron chi connectivity index (χ3n) is 7.15. The summed E-state index contributed by atoms with van der Waals surface area (Å²) >= 11 is 0. The van der Waals surface area contributed by atoms with Crippen LogP contribution in [-0.4, -0.2) is 31.9 Å². The zero-order valence-electron chi connectivity index (χ0n) is 20.1. The Hall–Kier alpha value is -2.99. The van der Waals surface area contributed by atoms with E-state index in [1.807, 2.05) is 12.1 Å². The quantitative estimate of drug-likeness (QED) is 0.350. The Labute approximate surface area is 204 Å². The maximum atomic E-state index is 12.3. The molecule has 184 valence electrons. The number of ether oxygens (including phenoxy) is 2. The molecule has 0 atom stereocenters. The predicted octanol–water partition coefficient (Wildman–Crippen LogP) is 7.45. The van der Waals surface area contributed by atoms with Crippen LogP contribution in [-0.2, 0) is 6.61 Å². The van der Waals surface area contributed by atoms with Crippen LogP contribution in [0.25, 0.3) is 16.3 Å². The van der Waals surface area contributed by atoms with E-state index in [-0.39, 0.29) is 12.4 Å². The summed E-state index contributed by atoms with van der Waals surface area (Å²) in [7, 11) is 4.30. The average molecular weight is 482 g/mol. The third kappa shape index (κ3) is 5.48. The summed E-state index contributed by atoms with van der Waals surface area (Å²) < 4.78 is 46.8. The molecule has 3 aliphatic carbocycles. The first-order chi connectivity index (χ1) is 16.7. The summed E-state index contributed by atoms with van der Waals surface area (Å²) in [5, 5.41) is 2.29. The minimum Gasteiger partial charge on any atom is -0.489 e. The van der Waals surface area contributed by atoms with Crippen molar-refractivity contribution in [3.63, 3.8) is 0 Å². The van der Waals surface area contributed by atoms with Gasteiger partial charge in [-0.1, -0.05) is 30.3 Å². The summed E-state index contributed by atoms with van der Waals surface area (Å²) in [5.74, 6) is 1.88. The van der Waals surface area contributed by atoms with Crippen LogP contribution in [0.3, 0.4) is 0 Å². The van der Waals surface area contributed by atoms with Gasteiger partial charge in [-0.2, -0.15) is 0 Å². The minimum atomic E-state index is -4.69. The summed E-state index contributed by atoms with van der Waals surface area (Å²) in [6.07, 6.45) is 0.549. The van der Waals surface area contributed by atoms with Gasteiger partial charge in [-0.25, -0.2) is 0 Å². The topological polar surface area (TPSA) is 21.7 Å². The smallest absolute Gasteiger partial charge is 0.489 e. The molecule has 1 saturated carbocycles. The fraction of sp³-hybridized carbons (Fsp3) is 0.379. The fourth-order valence-electron chi connectivity index (χ4n) is 5.62. The molecule has 0 spiro atoms. The molecule has 3 aromatic carbocycles. The van der Waals surface area contributed by atoms with Crippen molar-refractivity contribution in [3.05, 3.63) is 77.4 Å². The molecule has 0 radical (unpaired) electrons. The number of rotatable bonds is 7. The molecule has 6 rings (SSSR count). The summed E-state index contributed by atoms with van der Waals surface area (Å²) in [5.41, 5.74) is 5.31. The Balaban J connectivity index is 1.32. The first-order valence-corrected chi connectivity index (χ1v) is 12.1. The molecule has 0 aliphatic heterocycles. The van der Waals surface area contributed by atoms with E-state index in [1.165, 1.54) is 48.8 Å². The van der Waals surface area contributed by atoms with Crippen molar-refractivity contribution < 1.29 is 22.6 Å². The van der Waals surface area contributed by atoms with Crippen LogP contribution in [0.2, 0.25) is 0 Å². The highest BCUT2D eigenvalue weighted by atomic mass is 19.4. The van der Waals surface area contributed by atoms with E-state index in [0.717, 1.165) is 29.2 Å². The second kappa shape index (κ2) is 9.57. The normalized spacial score (nSPS) is 20.1. The lowest BCUT2D eigenvalue weighted by Crippen LogP contribution is -2.31. The minimum absolute atomic E-state index is 0.238. The molecule has 0 unspecified atom stereocenters. The first-order valence-electron chi connectivity index (χ1n) is 12.1. The molecular formula is C29H30F3NO2. The number of hydrogen-bond acceptors (Lipinski definition) is 3. The molecule has 3 aromatic rings. The van der Waals surface area contributed by atoms with E-state index in [9.17, 15) is 13.2 Å². The number of likely N-dealkylation sites (N-methyl/N-ethyl adjacent to an activating group) is 1. The number of benzene rings is 3. The van der Waals surface area contributed by atoms with E-state index in [0.29, 0.717) is 5.92 Å². The van der Waals surface area contributed by atoms with Gasteiger partial charge in [0.2, 0.25) is 0 Å². The van der Waals surface area contributed by atoms with Gasteiger partial charge in [-0.3, -0.25) is 0 Å². The van der Waals surface area contributed by atoms with Crippen molar-refractivity contribution in [2.45, 2.75) is 38.7 Å². The standard InChI is InChI=1S/C29H30F3NO2/c1-33(2)17-27-20-5-7-21(8-6-20)28(27)24-10-9-23-16-26(14-11-22(23)15-24)34-18-19-3-12-25(13-4-19)35-29(30,31)32/h3-4,9-16,20-21H,5-8,17-18H2,1-2H3. The van der Waals surface area contributed by atoms with E-state index < -0.39 is 6.36 Å². The van der Waals surface area contributed by atoms with Gasteiger partial charge < -0.3 is 14.4 Å². The first kappa shape index (κ1) is 23.7. The molecule has 0 saturated heterocycles. The number of nitrogens with zero attached hydrogens (tertiary/aromatic N) is 1. The van der Waals surface area contributed by atoms with Crippen molar-refractivity contribution >= 4 is 16.3 Å². The number of alkyl halides is 3. The summed E-state index contributed by atoms with van der Waals surface area (Å²) in [4.78, 5) is 2.29. The third-order valence-corrected chi connectivity index (χ3v) is 7.15. The van der Waals surface area contributed by atoms with Crippen molar-refractivity contribution in [2.24, 2.45) is 11.8 Å². The highest BCUT2D eigenvalue weighted by Gasteiger charge is 2.35. The van der Waals surface area contributed by atoms with E-state index in [4.69, 9.17) is 4.74 Å². The number of halogens is 3. The fourth-order valence-corrected chi connectivity index (χ4v) is 5.62. The van der Waals surface area contributed by atoms with Gasteiger partial charge >= 0.3 is 6.36 Å². The molecule has 6 heteroatoms. The molecule has 0 heterocycles. The molecule has 0 amide bonds. The van der Waals surface area contributed by atoms with Crippen LogP contribution in [0.5, 0.6) is 11.5 Å². The second-order valence-corrected chi connectivity index (χ2v) is 9.93. The average Bonchev–Trinajstić information content (AvgIpc) is 2.82. The van der Waals surface area contributed by atoms with Gasteiger partial charge in [0, 0.05) is 6.54 Å². The Morgan fingerprint density at radius 3 is 2.11 bits per heavy atom. The van der Waals surface area contributed by atoms with Crippen molar-refractivity contribution in [1.82, 2.24) is 4.90 Å². The maximum absolute atomic E-state index is 12.3. The number of allylic oxidation sites excluding steroid dienone is 1. The number of hydrogen-bond donors (Lipinski definition) is 0. The molecule has 0 N–H and O–H groups in total. The van der Waals surface area contributed by atoms with Gasteiger partial charge in [0.1, 0.15) is 18.1 Å². The summed E-state index contributed by atoms with van der Waals surface area (Å²) in [6, 6.07) is 18.5. The lowest BCUT2D eigenvalue weighted by atomic mass is 9.65. The molecule has 1 fully saturated rings. The zero-order chi connectivity index (χ0) is 24.6. The predicted molar refractivity (Wildman–Crippen MR) is 132 cm³/mol. The molecular weight excluding hydrogens is 451 g/mol. The number of fused-ring (bicyclic) bond motifs is 3. The van der Waals surface area contributed by atoms with Gasteiger partial charge in [-0.05, 0) is 115 Å². The van der Waals surface area contributed by atoms with Crippen molar-refractivity contribution in [3.8, 4) is 11.5 Å². The monoisotopic (exact) mass is 481 g/mol. The van der Waals surface area contributed by atoms with Crippen LogP contribution < -0.4 is 9.47 Å². The molecule has 35 heavy (non-hydrogen) atoms. The lowest BCUT2D eigenvalue weighted by molar-refractivity contribution is -0.274. The van der Waals surface area contributed by atoms with Crippen LogP contribution in [0.1, 0.15) is 36.8 Å². The van der Waals surface area contributed by atoms with Crippen LogP contribution in [0.15, 0.2) is 66.2 Å². The van der Waals surface area contributed by atoms with Gasteiger partial charge in [-0.15, -0.1) is 13.2 Å². The van der Waals surface area contributed by atoms with Crippen LogP contribution >= 0.6 is 0 Å². The van der Waals surface area contributed by atoms with E-state index >= 15 is 0 Å². The SMILES string of the molecule is CN(C)CC1=C(c2ccc3cc(OCc4ccc(OC(F)(F)F)cc4)ccc3c2)C2CCC1CC2. The Morgan fingerprint density at radius 2 is 1.43 bits per heavy atom. The Kier molecular flexibility index (Phi) is 6.49. The highest BCUT2D eigenvalue weighted by molar-refractivity contribution is 5.88. The van der Waals surface area contributed by atoms with Crippen molar-refractivity contribution in [2.75, 3.05) is 20.6 Å². The Morgan fingerprint density at radius 1 is 0.800 bits per heavy atom. The molecule has 3 nitrogen and oxygen atoms in total. The van der Waals surface area contributed by atoms with Gasteiger partial charge in [0.15, 0.2) is 0 Å². The second-order valence-electron chi connectivity index (χ2n) is 9.93. The van der Waals surface area contributed by atoms with Gasteiger partial charge in [0.25, 0.3) is 0 Å². The van der Waals surface area contributed by atoms with Crippen LogP contribution in [0.4, 0.5) is 13.2 Å². The molecule has 3 aliphatic rings. The maximum Gasteiger partial charge on any atom is 0.573 e. The molecule has 2 bridgehead atoms. The van der Waals surface area contributed by atoms with Crippen LogP contribution in [0, 0.1) is 11.8 Å². The van der Waals surface area contributed by atoms with Gasteiger partial charge in [0.05, 0.1) is 0 Å². The zero-order valence-corrected chi connectivity index (χ0v) is 20.1. The molecule has 0 aromatic heterocycles. The Bertz CT molecular complexity index is 1220. The van der Waals surface area contributed by atoms with E-state index in [2.05, 4.69) is 48.0 Å². The largest absolute Gasteiger partial charge is 0.573 e.